The monoisotopic (exact) mass is 481 g/mol. The Morgan fingerprint density at radius 1 is 1.32 bits per heavy atom. The van der Waals surface area contributed by atoms with E-state index < -0.39 is 0 Å². The Bertz CT molecular complexity index is 964. The standard InChI is InChI=1S/C20H17BrFNO3S2/c1-3-23-19(24)17(28-20(23)27)10-12-8-14(21)18(16(9-12)25-2)26-11-13-6-4-5-7-15(13)22/h4-10H,3,11H2,1-2H3/b17-10-. The van der Waals surface area contributed by atoms with Gasteiger partial charge in [-0.15, -0.1) is 0 Å². The van der Waals surface area contributed by atoms with Gasteiger partial charge in [-0.05, 0) is 52.7 Å². The number of nitrogens with zero attached hydrogens (tertiary/aromatic N) is 1. The second-order valence-electron chi connectivity index (χ2n) is 5.84. The number of hydrogen-bond acceptors (Lipinski definition) is 5. The second-order valence-corrected chi connectivity index (χ2v) is 8.37. The average molecular weight is 482 g/mol. The van der Waals surface area contributed by atoms with Crippen LogP contribution < -0.4 is 9.47 Å². The predicted molar refractivity (Wildman–Crippen MR) is 117 cm³/mol. The van der Waals surface area contributed by atoms with Crippen molar-refractivity contribution in [3.8, 4) is 11.5 Å². The molecule has 146 valence electrons. The van der Waals surface area contributed by atoms with Crippen LogP contribution in [0, 0.1) is 5.82 Å². The molecule has 1 fully saturated rings. The van der Waals surface area contributed by atoms with Crippen molar-refractivity contribution in [1.82, 2.24) is 4.90 Å². The summed E-state index contributed by atoms with van der Waals surface area (Å²) >= 11 is 9.99. The fourth-order valence-corrected chi connectivity index (χ4v) is 4.61. The summed E-state index contributed by atoms with van der Waals surface area (Å²) in [4.78, 5) is 14.5. The van der Waals surface area contributed by atoms with Crippen molar-refractivity contribution in [2.75, 3.05) is 13.7 Å². The van der Waals surface area contributed by atoms with Gasteiger partial charge in [0.2, 0.25) is 0 Å². The number of methoxy groups -OCH3 is 1. The Kier molecular flexibility index (Phi) is 6.74. The van der Waals surface area contributed by atoms with E-state index in [0.29, 0.717) is 37.3 Å². The van der Waals surface area contributed by atoms with Crippen LogP contribution in [0.25, 0.3) is 6.08 Å². The number of thiocarbonyl (C=S) groups is 1. The lowest BCUT2D eigenvalue weighted by molar-refractivity contribution is -0.121. The van der Waals surface area contributed by atoms with Crippen LogP contribution in [0.5, 0.6) is 11.5 Å². The highest BCUT2D eigenvalue weighted by Gasteiger charge is 2.30. The van der Waals surface area contributed by atoms with Crippen molar-refractivity contribution in [2.45, 2.75) is 13.5 Å². The average Bonchev–Trinajstić information content (AvgIpc) is 2.94. The molecule has 0 unspecified atom stereocenters. The maximum Gasteiger partial charge on any atom is 0.266 e. The van der Waals surface area contributed by atoms with Crippen molar-refractivity contribution >= 4 is 56.2 Å². The third-order valence-corrected chi connectivity index (χ3v) is 6.04. The number of carbonyl (C=O) groups excluding carboxylic acids is 1. The molecule has 0 bridgehead atoms. The summed E-state index contributed by atoms with van der Waals surface area (Å²) in [7, 11) is 1.53. The fraction of sp³-hybridized carbons (Fsp3) is 0.200. The van der Waals surface area contributed by atoms with Gasteiger partial charge in [0, 0.05) is 12.1 Å². The first kappa shape index (κ1) is 20.8. The maximum absolute atomic E-state index is 13.8. The van der Waals surface area contributed by atoms with Crippen LogP contribution in [0.2, 0.25) is 0 Å². The van der Waals surface area contributed by atoms with E-state index in [9.17, 15) is 9.18 Å². The number of halogens is 2. The van der Waals surface area contributed by atoms with Gasteiger partial charge in [-0.2, -0.15) is 0 Å². The maximum atomic E-state index is 13.8. The summed E-state index contributed by atoms with van der Waals surface area (Å²) in [6.45, 7) is 2.49. The van der Waals surface area contributed by atoms with E-state index in [4.69, 9.17) is 21.7 Å². The zero-order chi connectivity index (χ0) is 20.3. The minimum absolute atomic E-state index is 0.0656. The van der Waals surface area contributed by atoms with Crippen molar-refractivity contribution in [3.63, 3.8) is 0 Å². The molecule has 0 radical (unpaired) electrons. The number of likely N-dealkylation sites (N-methyl/N-ethyl adjacent to an activating group) is 1. The molecule has 0 aliphatic carbocycles. The Morgan fingerprint density at radius 2 is 2.07 bits per heavy atom. The minimum Gasteiger partial charge on any atom is -0.493 e. The summed E-state index contributed by atoms with van der Waals surface area (Å²) in [5.41, 5.74) is 1.21. The van der Waals surface area contributed by atoms with Crippen LogP contribution in [0.15, 0.2) is 45.8 Å². The topological polar surface area (TPSA) is 38.8 Å². The number of amides is 1. The van der Waals surface area contributed by atoms with E-state index >= 15 is 0 Å². The first-order valence-corrected chi connectivity index (χ1v) is 10.5. The van der Waals surface area contributed by atoms with Crippen LogP contribution in [0.1, 0.15) is 18.1 Å². The summed E-state index contributed by atoms with van der Waals surface area (Å²) in [5.74, 6) is 0.506. The lowest BCUT2D eigenvalue weighted by Gasteiger charge is -2.14. The van der Waals surface area contributed by atoms with Gasteiger partial charge >= 0.3 is 0 Å². The fourth-order valence-electron chi connectivity index (χ4n) is 2.65. The first-order valence-electron chi connectivity index (χ1n) is 8.43. The minimum atomic E-state index is -0.327. The number of thioether (sulfide) groups is 1. The molecule has 1 aliphatic heterocycles. The molecule has 1 saturated heterocycles. The van der Waals surface area contributed by atoms with E-state index in [-0.39, 0.29) is 18.3 Å². The quantitative estimate of drug-likeness (QED) is 0.408. The van der Waals surface area contributed by atoms with Gasteiger partial charge in [-0.3, -0.25) is 9.69 Å². The van der Waals surface area contributed by atoms with Crippen molar-refractivity contribution < 1.29 is 18.7 Å². The van der Waals surface area contributed by atoms with Crippen molar-refractivity contribution in [2.24, 2.45) is 0 Å². The first-order chi connectivity index (χ1) is 13.4. The SMILES string of the molecule is CCN1C(=O)/C(=C/c2cc(Br)c(OCc3ccccc3F)c(OC)c2)SC1=S. The van der Waals surface area contributed by atoms with Crippen LogP contribution in [0.3, 0.4) is 0 Å². The molecule has 28 heavy (non-hydrogen) atoms. The van der Waals surface area contributed by atoms with Crippen LogP contribution >= 0.6 is 39.9 Å². The Labute approximate surface area is 180 Å². The molecule has 8 heteroatoms. The summed E-state index contributed by atoms with van der Waals surface area (Å²) < 4.78 is 26.2. The number of benzene rings is 2. The molecule has 0 atom stereocenters. The van der Waals surface area contributed by atoms with E-state index in [0.717, 1.165) is 5.56 Å². The van der Waals surface area contributed by atoms with Gasteiger partial charge in [0.25, 0.3) is 5.91 Å². The molecule has 1 heterocycles. The van der Waals surface area contributed by atoms with Crippen molar-refractivity contribution in [3.05, 3.63) is 62.7 Å². The van der Waals surface area contributed by atoms with E-state index in [2.05, 4.69) is 15.9 Å². The molecule has 4 nitrogen and oxygen atoms in total. The molecule has 2 aromatic carbocycles. The molecular formula is C20H17BrFNO3S2. The Hall–Kier alpha value is -1.90. The van der Waals surface area contributed by atoms with E-state index in [1.165, 1.54) is 24.9 Å². The van der Waals surface area contributed by atoms with Gasteiger partial charge in [-0.1, -0.05) is 42.2 Å². The summed E-state index contributed by atoms with van der Waals surface area (Å²) in [6, 6.07) is 10.0. The highest BCUT2D eigenvalue weighted by Crippen LogP contribution is 2.39. The van der Waals surface area contributed by atoms with Crippen LogP contribution in [-0.2, 0) is 11.4 Å². The number of ether oxygens (including phenoxy) is 2. The highest BCUT2D eigenvalue weighted by molar-refractivity contribution is 9.10. The molecule has 1 aliphatic rings. The van der Waals surface area contributed by atoms with Gasteiger partial charge in [0.05, 0.1) is 16.5 Å². The predicted octanol–water partition coefficient (Wildman–Crippen LogP) is 5.40. The molecule has 0 aromatic heterocycles. The lowest BCUT2D eigenvalue weighted by Crippen LogP contribution is -2.27. The Morgan fingerprint density at radius 3 is 2.71 bits per heavy atom. The van der Waals surface area contributed by atoms with Gasteiger partial charge < -0.3 is 9.47 Å². The lowest BCUT2D eigenvalue weighted by atomic mass is 10.1. The smallest absolute Gasteiger partial charge is 0.266 e. The normalized spacial score (nSPS) is 15.4. The summed E-state index contributed by atoms with van der Waals surface area (Å²) in [6.07, 6.45) is 1.77. The van der Waals surface area contributed by atoms with Gasteiger partial charge in [0.1, 0.15) is 16.7 Å². The zero-order valence-corrected chi connectivity index (χ0v) is 18.4. The molecule has 0 spiro atoms. The second kappa shape index (κ2) is 9.07. The number of carbonyl (C=O) groups is 1. The number of hydrogen-bond donors (Lipinski definition) is 0. The third-order valence-electron chi connectivity index (χ3n) is 4.07. The zero-order valence-electron chi connectivity index (χ0n) is 15.2. The molecular weight excluding hydrogens is 465 g/mol. The molecule has 3 rings (SSSR count). The van der Waals surface area contributed by atoms with Crippen LogP contribution in [-0.4, -0.2) is 28.8 Å². The van der Waals surface area contributed by atoms with E-state index in [1.807, 2.05) is 13.0 Å². The van der Waals surface area contributed by atoms with Gasteiger partial charge in [0.15, 0.2) is 11.5 Å². The Balaban J connectivity index is 1.86. The highest BCUT2D eigenvalue weighted by atomic mass is 79.9. The molecule has 0 saturated carbocycles. The summed E-state index contributed by atoms with van der Waals surface area (Å²) in [5, 5.41) is 0. The van der Waals surface area contributed by atoms with Gasteiger partial charge in [-0.25, -0.2) is 4.39 Å². The van der Waals surface area contributed by atoms with E-state index in [1.54, 1.807) is 35.2 Å². The molecule has 0 N–H and O–H groups in total. The number of rotatable bonds is 6. The van der Waals surface area contributed by atoms with Crippen molar-refractivity contribution in [1.29, 1.82) is 0 Å². The third kappa shape index (κ3) is 4.39. The molecule has 1 amide bonds. The largest absolute Gasteiger partial charge is 0.493 e. The van der Waals surface area contributed by atoms with Crippen LogP contribution in [0.4, 0.5) is 4.39 Å². The molecule has 2 aromatic rings.